The first-order valence-corrected chi connectivity index (χ1v) is 6.66. The van der Waals surface area contributed by atoms with Crippen molar-refractivity contribution in [3.05, 3.63) is 35.0 Å². The Morgan fingerprint density at radius 1 is 1.23 bits per heavy atom. The standard InChI is InChI=1S/C13H13BClNO6/c1-13(2)21-11(17)8(12(18)22-13)6-16-10-5-7(14(19)20)3-4-9(10)15/h3-6,16,19-20H,1-2H3. The van der Waals surface area contributed by atoms with Crippen LogP contribution in [0.3, 0.4) is 0 Å². The molecule has 0 amide bonds. The fourth-order valence-electron chi connectivity index (χ4n) is 1.74. The van der Waals surface area contributed by atoms with Crippen LogP contribution in [-0.2, 0) is 19.1 Å². The van der Waals surface area contributed by atoms with Gasteiger partial charge in [0, 0.05) is 20.0 Å². The number of cyclic esters (lactones) is 2. The van der Waals surface area contributed by atoms with Gasteiger partial charge < -0.3 is 24.8 Å². The number of halogens is 1. The first-order chi connectivity index (χ1) is 10.2. The van der Waals surface area contributed by atoms with E-state index in [1.54, 1.807) is 0 Å². The number of esters is 2. The van der Waals surface area contributed by atoms with Crippen molar-refractivity contribution in [1.29, 1.82) is 0 Å². The number of carbonyl (C=O) groups excluding carboxylic acids is 2. The molecular weight excluding hydrogens is 312 g/mol. The zero-order chi connectivity index (χ0) is 16.5. The van der Waals surface area contributed by atoms with Gasteiger partial charge in [0.2, 0.25) is 0 Å². The average molecular weight is 326 g/mol. The molecule has 3 N–H and O–H groups in total. The van der Waals surface area contributed by atoms with Crippen LogP contribution in [0.1, 0.15) is 13.8 Å². The Morgan fingerprint density at radius 3 is 2.36 bits per heavy atom. The van der Waals surface area contributed by atoms with E-state index in [-0.39, 0.29) is 21.7 Å². The second-order valence-corrected chi connectivity index (χ2v) is 5.40. The van der Waals surface area contributed by atoms with Gasteiger partial charge in [-0.05, 0) is 17.6 Å². The zero-order valence-electron chi connectivity index (χ0n) is 11.8. The van der Waals surface area contributed by atoms with Crippen LogP contribution in [0.2, 0.25) is 5.02 Å². The predicted octanol–water partition coefficient (Wildman–Crippen LogP) is 0.152. The van der Waals surface area contributed by atoms with E-state index in [1.807, 2.05) is 0 Å². The van der Waals surface area contributed by atoms with Crippen molar-refractivity contribution in [2.75, 3.05) is 5.32 Å². The quantitative estimate of drug-likeness (QED) is 0.314. The lowest BCUT2D eigenvalue weighted by Crippen LogP contribution is -2.42. The monoisotopic (exact) mass is 325 g/mol. The zero-order valence-corrected chi connectivity index (χ0v) is 12.5. The first-order valence-electron chi connectivity index (χ1n) is 6.28. The van der Waals surface area contributed by atoms with Crippen molar-refractivity contribution in [3.8, 4) is 0 Å². The molecule has 1 aromatic rings. The van der Waals surface area contributed by atoms with Crippen LogP contribution in [0.4, 0.5) is 5.69 Å². The fraction of sp³-hybridized carbons (Fsp3) is 0.231. The highest BCUT2D eigenvalue weighted by molar-refractivity contribution is 6.58. The minimum Gasteiger partial charge on any atom is -0.423 e. The molecule has 1 aromatic carbocycles. The number of hydrogen-bond donors (Lipinski definition) is 3. The number of carbonyl (C=O) groups is 2. The van der Waals surface area contributed by atoms with Crippen molar-refractivity contribution in [2.45, 2.75) is 19.6 Å². The van der Waals surface area contributed by atoms with E-state index < -0.39 is 24.8 Å². The second-order valence-electron chi connectivity index (χ2n) is 4.99. The number of benzene rings is 1. The molecule has 0 bridgehead atoms. The molecule has 0 aliphatic carbocycles. The van der Waals surface area contributed by atoms with Crippen LogP contribution >= 0.6 is 11.6 Å². The molecule has 1 saturated heterocycles. The Morgan fingerprint density at radius 2 is 1.82 bits per heavy atom. The van der Waals surface area contributed by atoms with Gasteiger partial charge in [0.05, 0.1) is 10.7 Å². The molecule has 2 rings (SSSR count). The minimum absolute atomic E-state index is 0.195. The summed E-state index contributed by atoms with van der Waals surface area (Å²) in [6.45, 7) is 2.88. The highest BCUT2D eigenvalue weighted by Crippen LogP contribution is 2.24. The number of hydrogen-bond acceptors (Lipinski definition) is 7. The van der Waals surface area contributed by atoms with Crippen LogP contribution in [0.15, 0.2) is 30.0 Å². The SMILES string of the molecule is CC1(C)OC(=O)C(=CNc2cc(B(O)O)ccc2Cl)C(=O)O1. The summed E-state index contributed by atoms with van der Waals surface area (Å²) in [6.07, 6.45) is 1.09. The van der Waals surface area contributed by atoms with Crippen molar-refractivity contribution in [2.24, 2.45) is 0 Å². The average Bonchev–Trinajstić information content (AvgIpc) is 2.38. The third kappa shape index (κ3) is 3.59. The predicted molar refractivity (Wildman–Crippen MR) is 79.2 cm³/mol. The summed E-state index contributed by atoms with van der Waals surface area (Å²) in [7, 11) is -1.67. The molecule has 0 spiro atoms. The lowest BCUT2D eigenvalue weighted by Gasteiger charge is -2.29. The molecule has 7 nitrogen and oxygen atoms in total. The topological polar surface area (TPSA) is 105 Å². The first kappa shape index (κ1) is 16.3. The molecule has 9 heteroatoms. The van der Waals surface area contributed by atoms with Crippen LogP contribution in [0.5, 0.6) is 0 Å². The summed E-state index contributed by atoms with van der Waals surface area (Å²) in [5.41, 5.74) is 0.149. The largest absolute Gasteiger partial charge is 0.488 e. The van der Waals surface area contributed by atoms with Crippen LogP contribution in [0, 0.1) is 0 Å². The number of rotatable bonds is 3. The van der Waals surface area contributed by atoms with Crippen molar-refractivity contribution in [1.82, 2.24) is 0 Å². The Hall–Kier alpha value is -2.03. The van der Waals surface area contributed by atoms with E-state index >= 15 is 0 Å². The number of anilines is 1. The molecule has 0 unspecified atom stereocenters. The molecule has 1 heterocycles. The third-order valence-electron chi connectivity index (χ3n) is 2.78. The normalized spacial score (nSPS) is 16.7. The third-order valence-corrected chi connectivity index (χ3v) is 3.11. The minimum atomic E-state index is -1.67. The molecule has 22 heavy (non-hydrogen) atoms. The maximum absolute atomic E-state index is 11.8. The van der Waals surface area contributed by atoms with Gasteiger partial charge in [-0.2, -0.15) is 0 Å². The molecule has 1 aliphatic rings. The van der Waals surface area contributed by atoms with Crippen LogP contribution < -0.4 is 10.8 Å². The maximum Gasteiger partial charge on any atom is 0.488 e. The van der Waals surface area contributed by atoms with Gasteiger partial charge in [-0.15, -0.1) is 0 Å². The molecule has 0 atom stereocenters. The molecule has 1 fully saturated rings. The van der Waals surface area contributed by atoms with Gasteiger partial charge in [0.25, 0.3) is 5.79 Å². The van der Waals surface area contributed by atoms with Gasteiger partial charge in [-0.25, -0.2) is 9.59 Å². The Balaban J connectivity index is 2.23. The molecular formula is C13H13BClNO6. The van der Waals surface area contributed by atoms with E-state index in [2.05, 4.69) is 5.32 Å². The summed E-state index contributed by atoms with van der Waals surface area (Å²) in [5.74, 6) is -2.98. The maximum atomic E-state index is 11.8. The Labute approximate surface area is 131 Å². The van der Waals surface area contributed by atoms with E-state index in [1.165, 1.54) is 32.0 Å². The summed E-state index contributed by atoms with van der Waals surface area (Å²) in [4.78, 5) is 23.5. The van der Waals surface area contributed by atoms with Gasteiger partial charge in [0.15, 0.2) is 5.57 Å². The van der Waals surface area contributed by atoms with E-state index in [4.69, 9.17) is 31.1 Å². The van der Waals surface area contributed by atoms with E-state index in [0.29, 0.717) is 0 Å². The van der Waals surface area contributed by atoms with Gasteiger partial charge in [-0.1, -0.05) is 17.7 Å². The van der Waals surface area contributed by atoms with Gasteiger partial charge in [0.1, 0.15) is 0 Å². The number of nitrogens with one attached hydrogen (secondary N) is 1. The van der Waals surface area contributed by atoms with Crippen molar-refractivity contribution >= 4 is 41.8 Å². The Bertz CT molecular complexity index is 636. The molecule has 1 aliphatic heterocycles. The highest BCUT2D eigenvalue weighted by atomic mass is 35.5. The lowest BCUT2D eigenvalue weighted by atomic mass is 9.80. The number of ether oxygens (including phenoxy) is 2. The lowest BCUT2D eigenvalue weighted by molar-refractivity contribution is -0.222. The summed E-state index contributed by atoms with van der Waals surface area (Å²) in [5, 5.41) is 21.1. The van der Waals surface area contributed by atoms with Gasteiger partial charge >= 0.3 is 19.1 Å². The van der Waals surface area contributed by atoms with E-state index in [9.17, 15) is 9.59 Å². The van der Waals surface area contributed by atoms with Crippen molar-refractivity contribution < 1.29 is 29.1 Å². The van der Waals surface area contributed by atoms with Crippen LogP contribution in [-0.4, -0.2) is 34.9 Å². The Kier molecular flexibility index (Phi) is 4.46. The fourth-order valence-corrected chi connectivity index (χ4v) is 1.91. The summed E-state index contributed by atoms with van der Waals surface area (Å²) < 4.78 is 9.87. The van der Waals surface area contributed by atoms with Crippen LogP contribution in [0.25, 0.3) is 0 Å². The van der Waals surface area contributed by atoms with Gasteiger partial charge in [-0.3, -0.25) is 0 Å². The van der Waals surface area contributed by atoms with Crippen molar-refractivity contribution in [3.63, 3.8) is 0 Å². The smallest absolute Gasteiger partial charge is 0.423 e. The second kappa shape index (κ2) is 6.00. The molecule has 0 radical (unpaired) electrons. The molecule has 0 saturated carbocycles. The summed E-state index contributed by atoms with van der Waals surface area (Å²) in [6, 6.07) is 4.24. The highest BCUT2D eigenvalue weighted by Gasteiger charge is 2.38. The molecule has 0 aromatic heterocycles. The summed E-state index contributed by atoms with van der Waals surface area (Å²) >= 11 is 5.95. The molecule has 116 valence electrons. The van der Waals surface area contributed by atoms with E-state index in [0.717, 1.165) is 6.20 Å².